The molecule has 72 valence electrons. The lowest BCUT2D eigenvalue weighted by molar-refractivity contribution is 0.149. The molecule has 0 unspecified atom stereocenters. The second-order valence-corrected chi connectivity index (χ2v) is 3.45. The summed E-state index contributed by atoms with van der Waals surface area (Å²) in [5, 5.41) is 0.168. The Balaban J connectivity index is 3.35. The van der Waals surface area contributed by atoms with Crippen LogP contribution in [0, 0.1) is 0 Å². The Bertz CT molecular complexity index is 320. The first-order valence-electron chi connectivity index (χ1n) is 3.39. The summed E-state index contributed by atoms with van der Waals surface area (Å²) in [6.07, 6.45) is -1.33. The highest BCUT2D eigenvalue weighted by atomic mass is 79.9. The van der Waals surface area contributed by atoms with Gasteiger partial charge in [0.15, 0.2) is 0 Å². The molecule has 13 heavy (non-hydrogen) atoms. The molecule has 2 nitrogen and oxygen atoms in total. The van der Waals surface area contributed by atoms with E-state index in [1.165, 1.54) is 6.20 Å². The van der Waals surface area contributed by atoms with Gasteiger partial charge in [0, 0.05) is 12.7 Å². The number of hydrogen-bond donors (Lipinski definition) is 1. The molecular formula is C7H6BrClF2N2. The molecule has 0 radical (unpaired) electrons. The average molecular weight is 271 g/mol. The van der Waals surface area contributed by atoms with Crippen molar-refractivity contribution in [3.8, 4) is 0 Å². The van der Waals surface area contributed by atoms with Crippen molar-refractivity contribution in [3.05, 3.63) is 26.9 Å². The minimum Gasteiger partial charge on any atom is -0.326 e. The van der Waals surface area contributed by atoms with Crippen molar-refractivity contribution in [1.29, 1.82) is 0 Å². The Labute approximate surface area is 87.2 Å². The number of nitrogens with zero attached hydrogens (tertiary/aromatic N) is 1. The normalized spacial score (nSPS) is 10.9. The first kappa shape index (κ1) is 10.8. The molecule has 1 rings (SSSR count). The van der Waals surface area contributed by atoms with E-state index in [4.69, 9.17) is 17.3 Å². The third-order valence-electron chi connectivity index (χ3n) is 1.55. The maximum atomic E-state index is 12.5. The van der Waals surface area contributed by atoms with E-state index in [2.05, 4.69) is 20.9 Å². The van der Waals surface area contributed by atoms with E-state index in [1.54, 1.807) is 0 Å². The van der Waals surface area contributed by atoms with Crippen LogP contribution in [0.2, 0.25) is 5.02 Å². The molecule has 0 saturated carbocycles. The van der Waals surface area contributed by atoms with Crippen LogP contribution < -0.4 is 5.73 Å². The van der Waals surface area contributed by atoms with Gasteiger partial charge < -0.3 is 5.73 Å². The minimum absolute atomic E-state index is 0.0281. The number of pyridine rings is 1. The lowest BCUT2D eigenvalue weighted by Gasteiger charge is -2.09. The van der Waals surface area contributed by atoms with Gasteiger partial charge in [0.2, 0.25) is 0 Å². The predicted octanol–water partition coefficient (Wildman–Crippen LogP) is 2.89. The smallest absolute Gasteiger partial charge is 0.266 e. The van der Waals surface area contributed by atoms with Gasteiger partial charge in [-0.3, -0.25) is 0 Å². The molecular weight excluding hydrogens is 265 g/mol. The summed E-state index contributed by atoms with van der Waals surface area (Å²) >= 11 is 8.57. The Morgan fingerprint density at radius 2 is 2.23 bits per heavy atom. The molecule has 0 aromatic carbocycles. The van der Waals surface area contributed by atoms with E-state index in [1.807, 2.05) is 0 Å². The Morgan fingerprint density at radius 1 is 1.62 bits per heavy atom. The van der Waals surface area contributed by atoms with E-state index >= 15 is 0 Å². The summed E-state index contributed by atoms with van der Waals surface area (Å²) in [6, 6.07) is 0. The highest BCUT2D eigenvalue weighted by Gasteiger charge is 2.19. The Morgan fingerprint density at radius 3 is 2.62 bits per heavy atom. The number of rotatable bonds is 2. The fourth-order valence-electron chi connectivity index (χ4n) is 0.943. The summed E-state index contributed by atoms with van der Waals surface area (Å²) in [4.78, 5) is 3.66. The van der Waals surface area contributed by atoms with Crippen molar-refractivity contribution in [1.82, 2.24) is 4.98 Å². The monoisotopic (exact) mass is 270 g/mol. The first-order valence-corrected chi connectivity index (χ1v) is 4.56. The minimum atomic E-state index is -2.63. The molecule has 0 aliphatic carbocycles. The fraction of sp³-hybridized carbons (Fsp3) is 0.286. The molecule has 2 N–H and O–H groups in total. The number of halogens is 4. The summed E-state index contributed by atoms with van der Waals surface area (Å²) in [7, 11) is 0. The summed E-state index contributed by atoms with van der Waals surface area (Å²) in [5.41, 5.74) is 5.30. The molecule has 6 heteroatoms. The van der Waals surface area contributed by atoms with Gasteiger partial charge in [-0.2, -0.15) is 0 Å². The van der Waals surface area contributed by atoms with Gasteiger partial charge in [-0.25, -0.2) is 13.8 Å². The maximum Gasteiger partial charge on any atom is 0.266 e. The van der Waals surface area contributed by atoms with Gasteiger partial charge in [0.25, 0.3) is 6.43 Å². The highest BCUT2D eigenvalue weighted by molar-refractivity contribution is 9.10. The molecule has 0 saturated heterocycles. The molecule has 0 bridgehead atoms. The molecule has 1 heterocycles. The van der Waals surface area contributed by atoms with Gasteiger partial charge in [0.1, 0.15) is 4.60 Å². The van der Waals surface area contributed by atoms with Crippen LogP contribution in [-0.4, -0.2) is 4.98 Å². The highest BCUT2D eigenvalue weighted by Crippen LogP contribution is 2.32. The van der Waals surface area contributed by atoms with Gasteiger partial charge >= 0.3 is 0 Å². The summed E-state index contributed by atoms with van der Waals surface area (Å²) in [5.74, 6) is 0. The van der Waals surface area contributed by atoms with Crippen molar-refractivity contribution in [2.75, 3.05) is 0 Å². The average Bonchev–Trinajstić information content (AvgIpc) is 2.07. The van der Waals surface area contributed by atoms with E-state index < -0.39 is 6.43 Å². The van der Waals surface area contributed by atoms with Crippen molar-refractivity contribution in [2.24, 2.45) is 5.73 Å². The fourth-order valence-corrected chi connectivity index (χ4v) is 1.69. The molecule has 0 atom stereocenters. The molecule has 0 aliphatic rings. The van der Waals surface area contributed by atoms with Crippen LogP contribution in [0.3, 0.4) is 0 Å². The lowest BCUT2D eigenvalue weighted by atomic mass is 10.1. The molecule has 0 aliphatic heterocycles. The summed E-state index contributed by atoms with van der Waals surface area (Å²) < 4.78 is 25.0. The third-order valence-corrected chi connectivity index (χ3v) is 2.51. The second kappa shape index (κ2) is 4.30. The van der Waals surface area contributed by atoms with Crippen molar-refractivity contribution in [2.45, 2.75) is 13.0 Å². The largest absolute Gasteiger partial charge is 0.326 e. The number of hydrogen-bond acceptors (Lipinski definition) is 2. The number of aromatic nitrogens is 1. The van der Waals surface area contributed by atoms with Crippen LogP contribution >= 0.6 is 27.5 Å². The predicted molar refractivity (Wildman–Crippen MR) is 49.8 cm³/mol. The molecule has 1 aromatic heterocycles. The first-order chi connectivity index (χ1) is 6.07. The Kier molecular flexibility index (Phi) is 3.58. The molecule has 1 aromatic rings. The van der Waals surface area contributed by atoms with Gasteiger partial charge in [-0.1, -0.05) is 11.6 Å². The summed E-state index contributed by atoms with van der Waals surface area (Å²) in [6.45, 7) is -0.0281. The number of alkyl halides is 2. The molecule has 0 spiro atoms. The van der Waals surface area contributed by atoms with Crippen molar-refractivity contribution >= 4 is 27.5 Å². The van der Waals surface area contributed by atoms with Crippen molar-refractivity contribution < 1.29 is 8.78 Å². The van der Waals surface area contributed by atoms with Crippen LogP contribution in [0.4, 0.5) is 8.78 Å². The zero-order chi connectivity index (χ0) is 10.0. The Hall–Kier alpha value is -0.260. The van der Waals surface area contributed by atoms with Crippen LogP contribution in [-0.2, 0) is 6.54 Å². The van der Waals surface area contributed by atoms with Crippen LogP contribution in [0.5, 0.6) is 0 Å². The van der Waals surface area contributed by atoms with Gasteiger partial charge in [-0.15, -0.1) is 0 Å². The second-order valence-electron chi connectivity index (χ2n) is 2.29. The van der Waals surface area contributed by atoms with Crippen LogP contribution in [0.1, 0.15) is 17.6 Å². The SMILES string of the molecule is NCc1c(Cl)cnc(Br)c1C(F)F. The van der Waals surface area contributed by atoms with Gasteiger partial charge in [0.05, 0.1) is 10.6 Å². The molecule has 0 amide bonds. The van der Waals surface area contributed by atoms with Crippen molar-refractivity contribution in [3.63, 3.8) is 0 Å². The van der Waals surface area contributed by atoms with Crippen LogP contribution in [0.15, 0.2) is 10.8 Å². The van der Waals surface area contributed by atoms with Gasteiger partial charge in [-0.05, 0) is 21.5 Å². The standard InChI is InChI=1S/C7H6BrClF2N2/c8-6-5(7(10)11)3(1-12)4(9)2-13-6/h2,7H,1,12H2. The van der Waals surface area contributed by atoms with E-state index in [9.17, 15) is 8.78 Å². The number of nitrogens with two attached hydrogens (primary N) is 1. The van der Waals surface area contributed by atoms with E-state index in [-0.39, 0.29) is 27.3 Å². The third kappa shape index (κ3) is 2.15. The molecule has 0 fully saturated rings. The zero-order valence-electron chi connectivity index (χ0n) is 6.40. The van der Waals surface area contributed by atoms with Crippen LogP contribution in [0.25, 0.3) is 0 Å². The van der Waals surface area contributed by atoms with E-state index in [0.717, 1.165) is 0 Å². The lowest BCUT2D eigenvalue weighted by Crippen LogP contribution is -2.05. The quantitative estimate of drug-likeness (QED) is 0.840. The zero-order valence-corrected chi connectivity index (χ0v) is 8.74. The topological polar surface area (TPSA) is 38.9 Å². The van der Waals surface area contributed by atoms with E-state index in [0.29, 0.717) is 0 Å². The maximum absolute atomic E-state index is 12.5.